The topological polar surface area (TPSA) is 66.4 Å². The number of thiophene rings is 2. The molecule has 0 aliphatic heterocycles. The number of amides is 1. The molecule has 21 heavy (non-hydrogen) atoms. The highest BCUT2D eigenvalue weighted by atomic mass is 32.1. The number of anilines is 1. The van der Waals surface area contributed by atoms with Crippen molar-refractivity contribution in [3.8, 4) is 0 Å². The number of rotatable bonds is 3. The number of carboxylic acid groups (broad SMARTS) is 1. The van der Waals surface area contributed by atoms with Crippen LogP contribution in [0.5, 0.6) is 0 Å². The summed E-state index contributed by atoms with van der Waals surface area (Å²) < 4.78 is 15.7. The molecule has 0 saturated carbocycles. The molecule has 0 unspecified atom stereocenters. The van der Waals surface area contributed by atoms with Crippen molar-refractivity contribution < 1.29 is 19.1 Å². The molecule has 2 heterocycles. The van der Waals surface area contributed by atoms with Crippen LogP contribution in [0.2, 0.25) is 0 Å². The zero-order chi connectivity index (χ0) is 15.0. The summed E-state index contributed by atoms with van der Waals surface area (Å²) in [6.45, 7) is 0. The van der Waals surface area contributed by atoms with E-state index in [4.69, 9.17) is 5.11 Å². The molecule has 0 radical (unpaired) electrons. The van der Waals surface area contributed by atoms with Gasteiger partial charge in [0.25, 0.3) is 5.91 Å². The molecular weight excluding hydrogens is 313 g/mol. The minimum Gasteiger partial charge on any atom is -0.478 e. The Bertz CT molecular complexity index is 824. The molecular formula is C14H8FNO3S2. The quantitative estimate of drug-likeness (QED) is 0.764. The average molecular weight is 321 g/mol. The summed E-state index contributed by atoms with van der Waals surface area (Å²) in [4.78, 5) is 23.6. The van der Waals surface area contributed by atoms with E-state index in [1.54, 1.807) is 6.07 Å². The Balaban J connectivity index is 1.94. The van der Waals surface area contributed by atoms with E-state index >= 15 is 0 Å². The predicted molar refractivity (Wildman–Crippen MR) is 81.0 cm³/mol. The highest BCUT2D eigenvalue weighted by Gasteiger charge is 2.18. The first-order valence-electron chi connectivity index (χ1n) is 5.86. The summed E-state index contributed by atoms with van der Waals surface area (Å²) in [5.41, 5.74) is -0.589. The Labute approximate surface area is 126 Å². The van der Waals surface area contributed by atoms with E-state index in [2.05, 4.69) is 5.32 Å². The van der Waals surface area contributed by atoms with Crippen molar-refractivity contribution in [3.63, 3.8) is 0 Å². The maximum absolute atomic E-state index is 13.8. The first kappa shape index (κ1) is 13.7. The van der Waals surface area contributed by atoms with E-state index in [-0.39, 0.29) is 11.3 Å². The van der Waals surface area contributed by atoms with Crippen molar-refractivity contribution in [2.45, 2.75) is 0 Å². The maximum atomic E-state index is 13.8. The molecule has 0 fully saturated rings. The van der Waals surface area contributed by atoms with Crippen LogP contribution in [-0.2, 0) is 0 Å². The Morgan fingerprint density at radius 3 is 2.71 bits per heavy atom. The first-order chi connectivity index (χ1) is 10.1. The van der Waals surface area contributed by atoms with Gasteiger partial charge in [-0.25, -0.2) is 9.18 Å². The van der Waals surface area contributed by atoms with E-state index in [0.29, 0.717) is 4.88 Å². The van der Waals surface area contributed by atoms with Crippen LogP contribution < -0.4 is 5.32 Å². The SMILES string of the molecule is O=C(Nc1c(F)cccc1C(=O)O)c1cc2sccc2s1. The standard InChI is InChI=1S/C14H8FNO3S2/c15-8-3-1-2-7(14(18)19)12(8)16-13(17)11-6-10-9(21-11)4-5-20-10/h1-6H,(H,16,17)(H,18,19). The van der Waals surface area contributed by atoms with E-state index in [9.17, 15) is 14.0 Å². The third-order valence-corrected chi connectivity index (χ3v) is 4.94. The van der Waals surface area contributed by atoms with Gasteiger partial charge >= 0.3 is 5.97 Å². The second-order valence-corrected chi connectivity index (χ2v) is 6.21. The van der Waals surface area contributed by atoms with Crippen molar-refractivity contribution in [1.29, 1.82) is 0 Å². The van der Waals surface area contributed by atoms with Crippen LogP contribution in [0.4, 0.5) is 10.1 Å². The van der Waals surface area contributed by atoms with Gasteiger partial charge in [0.15, 0.2) is 0 Å². The fraction of sp³-hybridized carbons (Fsp3) is 0. The normalized spacial score (nSPS) is 10.7. The number of carboxylic acids is 1. The monoisotopic (exact) mass is 321 g/mol. The van der Waals surface area contributed by atoms with Crippen LogP contribution in [-0.4, -0.2) is 17.0 Å². The fourth-order valence-electron chi connectivity index (χ4n) is 1.88. The van der Waals surface area contributed by atoms with Gasteiger partial charge in [0.2, 0.25) is 0 Å². The molecule has 0 saturated heterocycles. The number of benzene rings is 1. The number of halogens is 1. The number of fused-ring (bicyclic) bond motifs is 1. The molecule has 106 valence electrons. The minimum atomic E-state index is -1.29. The zero-order valence-corrected chi connectivity index (χ0v) is 12.1. The molecule has 7 heteroatoms. The van der Waals surface area contributed by atoms with Gasteiger partial charge < -0.3 is 10.4 Å². The van der Waals surface area contributed by atoms with Crippen molar-refractivity contribution in [2.75, 3.05) is 5.32 Å². The molecule has 0 spiro atoms. The molecule has 0 atom stereocenters. The van der Waals surface area contributed by atoms with Gasteiger partial charge in [0.1, 0.15) is 5.82 Å². The largest absolute Gasteiger partial charge is 0.478 e. The Morgan fingerprint density at radius 1 is 1.19 bits per heavy atom. The zero-order valence-electron chi connectivity index (χ0n) is 10.4. The van der Waals surface area contributed by atoms with Crippen LogP contribution in [0, 0.1) is 5.82 Å². The molecule has 0 bridgehead atoms. The second-order valence-electron chi connectivity index (χ2n) is 4.18. The van der Waals surface area contributed by atoms with Gasteiger partial charge in [0.05, 0.1) is 16.1 Å². The van der Waals surface area contributed by atoms with Crippen molar-refractivity contribution in [1.82, 2.24) is 0 Å². The van der Waals surface area contributed by atoms with Crippen LogP contribution in [0.3, 0.4) is 0 Å². The van der Waals surface area contributed by atoms with Crippen molar-refractivity contribution in [2.24, 2.45) is 0 Å². The van der Waals surface area contributed by atoms with E-state index in [1.165, 1.54) is 34.8 Å². The van der Waals surface area contributed by atoms with Crippen molar-refractivity contribution in [3.05, 3.63) is 52.0 Å². The summed E-state index contributed by atoms with van der Waals surface area (Å²) in [6, 6.07) is 7.24. The molecule has 4 nitrogen and oxygen atoms in total. The van der Waals surface area contributed by atoms with Crippen LogP contribution in [0.1, 0.15) is 20.0 Å². The summed E-state index contributed by atoms with van der Waals surface area (Å²) in [5.74, 6) is -2.59. The summed E-state index contributed by atoms with van der Waals surface area (Å²) in [5, 5.41) is 13.3. The number of hydrogen-bond donors (Lipinski definition) is 2. The van der Waals surface area contributed by atoms with E-state index in [1.807, 2.05) is 11.4 Å². The Kier molecular flexibility index (Phi) is 3.44. The highest BCUT2D eigenvalue weighted by Crippen LogP contribution is 2.31. The lowest BCUT2D eigenvalue weighted by molar-refractivity contribution is 0.0697. The van der Waals surface area contributed by atoms with Gasteiger partial charge in [-0.05, 0) is 29.6 Å². The smallest absolute Gasteiger partial charge is 0.337 e. The molecule has 2 N–H and O–H groups in total. The summed E-state index contributed by atoms with van der Waals surface area (Å²) in [7, 11) is 0. The Hall–Kier alpha value is -2.25. The van der Waals surface area contributed by atoms with Gasteiger partial charge in [-0.15, -0.1) is 22.7 Å². The molecule has 3 aromatic rings. The van der Waals surface area contributed by atoms with Gasteiger partial charge in [-0.2, -0.15) is 0 Å². The van der Waals surface area contributed by atoms with Gasteiger partial charge in [-0.3, -0.25) is 4.79 Å². The fourth-order valence-corrected chi connectivity index (χ4v) is 3.89. The summed E-state index contributed by atoms with van der Waals surface area (Å²) >= 11 is 2.79. The van der Waals surface area contributed by atoms with E-state index < -0.39 is 17.7 Å². The maximum Gasteiger partial charge on any atom is 0.337 e. The third kappa shape index (κ3) is 2.53. The number of carbonyl (C=O) groups is 2. The van der Waals surface area contributed by atoms with Gasteiger partial charge in [-0.1, -0.05) is 6.07 Å². The van der Waals surface area contributed by atoms with E-state index in [0.717, 1.165) is 15.5 Å². The first-order valence-corrected chi connectivity index (χ1v) is 7.56. The molecule has 2 aromatic heterocycles. The number of hydrogen-bond acceptors (Lipinski definition) is 4. The number of nitrogens with one attached hydrogen (secondary N) is 1. The number of aromatic carboxylic acids is 1. The molecule has 1 aromatic carbocycles. The molecule has 0 aliphatic rings. The third-order valence-electron chi connectivity index (χ3n) is 2.85. The van der Waals surface area contributed by atoms with Crippen LogP contribution in [0.25, 0.3) is 9.40 Å². The minimum absolute atomic E-state index is 0.276. The lowest BCUT2D eigenvalue weighted by Gasteiger charge is -2.08. The molecule has 1 amide bonds. The highest BCUT2D eigenvalue weighted by molar-refractivity contribution is 7.27. The molecule has 0 aliphatic carbocycles. The lowest BCUT2D eigenvalue weighted by atomic mass is 10.1. The molecule has 3 rings (SSSR count). The van der Waals surface area contributed by atoms with Crippen molar-refractivity contribution >= 4 is 49.6 Å². The number of carbonyl (C=O) groups excluding carboxylic acids is 1. The second kappa shape index (κ2) is 5.27. The number of para-hydroxylation sites is 1. The van der Waals surface area contributed by atoms with Gasteiger partial charge in [0, 0.05) is 9.40 Å². The van der Waals surface area contributed by atoms with Crippen LogP contribution in [0.15, 0.2) is 35.7 Å². The van der Waals surface area contributed by atoms with Crippen LogP contribution >= 0.6 is 22.7 Å². The summed E-state index contributed by atoms with van der Waals surface area (Å²) in [6.07, 6.45) is 0. The Morgan fingerprint density at radius 2 is 2.00 bits per heavy atom. The lowest BCUT2D eigenvalue weighted by Crippen LogP contribution is -2.15. The predicted octanol–water partition coefficient (Wildman–Crippen LogP) is 4.05. The average Bonchev–Trinajstić information content (AvgIpc) is 3.01.